The molecule has 0 unspecified atom stereocenters. The zero-order valence-electron chi connectivity index (χ0n) is 17.5. The fourth-order valence-electron chi connectivity index (χ4n) is 2.61. The van der Waals surface area contributed by atoms with Crippen LogP contribution in [0, 0.1) is 6.92 Å². The minimum absolute atomic E-state index is 0.0148. The van der Waals surface area contributed by atoms with Gasteiger partial charge < -0.3 is 20.9 Å². The first-order valence-corrected chi connectivity index (χ1v) is 11.2. The van der Waals surface area contributed by atoms with Crippen LogP contribution in [-0.2, 0) is 26.2 Å². The van der Waals surface area contributed by atoms with Crippen LogP contribution in [0.2, 0.25) is 0 Å². The monoisotopic (exact) mass is 462 g/mol. The molecular weight excluding hydrogens is 436 g/mol. The number of carboxylic acids is 1. The zero-order chi connectivity index (χ0) is 23.6. The molecule has 2 aromatic carbocycles. The van der Waals surface area contributed by atoms with Crippen LogP contribution in [0.3, 0.4) is 0 Å². The quantitative estimate of drug-likeness (QED) is 0.238. The number of aryl methyl sites for hydroxylation is 1. The van der Waals surface area contributed by atoms with E-state index in [1.807, 2.05) is 13.0 Å². The molecule has 1 amide bonds. The maximum Gasteiger partial charge on any atom is 0.408 e. The molecule has 172 valence electrons. The average molecular weight is 463 g/mol. The molecule has 5 N–H and O–H groups in total. The van der Waals surface area contributed by atoms with Gasteiger partial charge in [-0.05, 0) is 37.5 Å². The fourth-order valence-corrected chi connectivity index (χ4v) is 3.56. The van der Waals surface area contributed by atoms with Crippen LogP contribution in [0.5, 0.6) is 0 Å². The summed E-state index contributed by atoms with van der Waals surface area (Å²) in [5.41, 5.74) is 7.32. The number of carbonyl (C=O) groups is 2. The van der Waals surface area contributed by atoms with Gasteiger partial charge >= 0.3 is 12.1 Å². The highest BCUT2D eigenvalue weighted by atomic mass is 32.2. The van der Waals surface area contributed by atoms with Gasteiger partial charge in [-0.3, -0.25) is 4.99 Å². The van der Waals surface area contributed by atoms with Crippen LogP contribution < -0.4 is 15.8 Å². The third-order valence-corrected chi connectivity index (χ3v) is 5.68. The van der Waals surface area contributed by atoms with Gasteiger partial charge in [0.05, 0.1) is 4.90 Å². The van der Waals surface area contributed by atoms with Gasteiger partial charge in [0.15, 0.2) is 0 Å². The van der Waals surface area contributed by atoms with Crippen molar-refractivity contribution in [1.29, 1.82) is 0 Å². The highest BCUT2D eigenvalue weighted by Crippen LogP contribution is 2.09. The second-order valence-corrected chi connectivity index (χ2v) is 8.61. The molecule has 0 heterocycles. The number of aliphatic imine (C=N–C) groups is 1. The first-order chi connectivity index (χ1) is 15.2. The molecule has 0 aliphatic heterocycles. The third kappa shape index (κ3) is 8.26. The maximum absolute atomic E-state index is 12.3. The number of nitrogens with two attached hydrogens (primary N) is 1. The molecule has 0 radical (unpaired) electrons. The summed E-state index contributed by atoms with van der Waals surface area (Å²) in [5, 5.41) is 11.6. The lowest BCUT2D eigenvalue weighted by Crippen LogP contribution is -2.41. The number of ether oxygens (including phenoxy) is 1. The number of aliphatic carboxylic acids is 1. The van der Waals surface area contributed by atoms with Gasteiger partial charge in [0.25, 0.3) is 10.0 Å². The topological polar surface area (TPSA) is 160 Å². The molecule has 2 aromatic rings. The molecule has 1 atom stereocenters. The van der Waals surface area contributed by atoms with E-state index in [4.69, 9.17) is 10.5 Å². The molecule has 0 fully saturated rings. The second-order valence-electron chi connectivity index (χ2n) is 6.92. The number of nitrogens with one attached hydrogen (secondary N) is 2. The number of carboxylic acid groups (broad SMARTS) is 1. The number of alkyl carbamates (subject to hydrolysis) is 1. The Labute approximate surface area is 186 Å². The molecule has 2 rings (SSSR count). The molecule has 0 bridgehead atoms. The smallest absolute Gasteiger partial charge is 0.408 e. The number of amides is 1. The van der Waals surface area contributed by atoms with E-state index >= 15 is 0 Å². The summed E-state index contributed by atoms with van der Waals surface area (Å²) >= 11 is 0. The number of rotatable bonds is 10. The Balaban J connectivity index is 1.79. The number of hydrogen-bond donors (Lipinski definition) is 4. The van der Waals surface area contributed by atoms with Crippen LogP contribution >= 0.6 is 0 Å². The van der Waals surface area contributed by atoms with E-state index in [9.17, 15) is 23.1 Å². The van der Waals surface area contributed by atoms with Gasteiger partial charge in [-0.2, -0.15) is 0 Å². The summed E-state index contributed by atoms with van der Waals surface area (Å²) in [7, 11) is -3.86. The number of sulfonamides is 1. The van der Waals surface area contributed by atoms with Crippen molar-refractivity contribution in [3.63, 3.8) is 0 Å². The Morgan fingerprint density at radius 1 is 1.12 bits per heavy atom. The van der Waals surface area contributed by atoms with Crippen molar-refractivity contribution >= 4 is 28.0 Å². The SMILES string of the molecule is Cc1ccc(S(=O)(=O)NC(N)=NCCC[C@@H](NC(=O)OCc2ccccc2)C(=O)O)cc1. The lowest BCUT2D eigenvalue weighted by atomic mass is 10.1. The van der Waals surface area contributed by atoms with Gasteiger partial charge in [0.1, 0.15) is 12.6 Å². The summed E-state index contributed by atoms with van der Waals surface area (Å²) in [6, 6.07) is 14.0. The first kappa shape index (κ1) is 24.7. The zero-order valence-corrected chi connectivity index (χ0v) is 18.3. The van der Waals surface area contributed by atoms with Crippen LogP contribution in [0.15, 0.2) is 64.5 Å². The first-order valence-electron chi connectivity index (χ1n) is 9.77. The van der Waals surface area contributed by atoms with Gasteiger partial charge in [0.2, 0.25) is 5.96 Å². The molecule has 0 spiro atoms. The third-order valence-electron chi connectivity index (χ3n) is 4.31. The van der Waals surface area contributed by atoms with Crippen LogP contribution in [-0.4, -0.2) is 44.1 Å². The number of carbonyl (C=O) groups excluding carboxylic acids is 1. The van der Waals surface area contributed by atoms with E-state index < -0.39 is 28.1 Å². The Kier molecular flexibility index (Phi) is 9.02. The minimum atomic E-state index is -3.86. The standard InChI is InChI=1S/C21H26N4O6S/c1-15-9-11-17(12-10-15)32(29,30)25-20(22)23-13-5-8-18(19(26)27)24-21(28)31-14-16-6-3-2-4-7-16/h2-4,6-7,9-12,18H,5,8,13-14H2,1H3,(H,24,28)(H,26,27)(H3,22,23,25)/t18-/m1/s1. The molecule has 0 aliphatic carbocycles. The predicted octanol–water partition coefficient (Wildman–Crippen LogP) is 1.75. The van der Waals surface area contributed by atoms with Crippen molar-refractivity contribution < 1.29 is 27.9 Å². The van der Waals surface area contributed by atoms with E-state index in [2.05, 4.69) is 15.0 Å². The number of hydrogen-bond acceptors (Lipinski definition) is 6. The normalized spacial score (nSPS) is 12.6. The van der Waals surface area contributed by atoms with Crippen molar-refractivity contribution in [3.8, 4) is 0 Å². The maximum atomic E-state index is 12.3. The highest BCUT2D eigenvalue weighted by Gasteiger charge is 2.20. The minimum Gasteiger partial charge on any atom is -0.480 e. The summed E-state index contributed by atoms with van der Waals surface area (Å²) in [4.78, 5) is 27.2. The summed E-state index contributed by atoms with van der Waals surface area (Å²) in [5.74, 6) is -1.54. The van der Waals surface area contributed by atoms with Crippen LogP contribution in [0.1, 0.15) is 24.0 Å². The molecule has 0 saturated carbocycles. The number of benzene rings is 2. The Morgan fingerprint density at radius 3 is 2.41 bits per heavy atom. The van der Waals surface area contributed by atoms with Crippen LogP contribution in [0.25, 0.3) is 0 Å². The van der Waals surface area contributed by atoms with Gasteiger partial charge in [-0.15, -0.1) is 0 Å². The van der Waals surface area contributed by atoms with Crippen molar-refractivity contribution in [3.05, 3.63) is 65.7 Å². The van der Waals surface area contributed by atoms with E-state index in [0.717, 1.165) is 11.1 Å². The van der Waals surface area contributed by atoms with Crippen molar-refractivity contribution in [2.45, 2.75) is 37.3 Å². The van der Waals surface area contributed by atoms with E-state index in [1.165, 1.54) is 12.1 Å². The number of nitrogens with zero attached hydrogens (tertiary/aromatic N) is 1. The van der Waals surface area contributed by atoms with Gasteiger partial charge in [-0.25, -0.2) is 22.7 Å². The highest BCUT2D eigenvalue weighted by molar-refractivity contribution is 7.90. The Morgan fingerprint density at radius 2 is 1.78 bits per heavy atom. The summed E-state index contributed by atoms with van der Waals surface area (Å²) < 4.78 is 31.7. The Hall–Kier alpha value is -3.60. The molecule has 0 saturated heterocycles. The summed E-state index contributed by atoms with van der Waals surface area (Å²) in [6.45, 7) is 1.91. The molecule has 11 heteroatoms. The molecule has 0 aromatic heterocycles. The molecular formula is C21H26N4O6S. The second kappa shape index (κ2) is 11.7. The largest absolute Gasteiger partial charge is 0.480 e. The predicted molar refractivity (Wildman–Crippen MR) is 118 cm³/mol. The van der Waals surface area contributed by atoms with E-state index in [0.29, 0.717) is 0 Å². The van der Waals surface area contributed by atoms with Gasteiger partial charge in [-0.1, -0.05) is 48.0 Å². The van der Waals surface area contributed by atoms with Gasteiger partial charge in [0, 0.05) is 6.54 Å². The lowest BCUT2D eigenvalue weighted by molar-refractivity contribution is -0.139. The van der Waals surface area contributed by atoms with E-state index in [-0.39, 0.29) is 36.8 Å². The van der Waals surface area contributed by atoms with Crippen molar-refractivity contribution in [1.82, 2.24) is 10.0 Å². The van der Waals surface area contributed by atoms with Crippen LogP contribution in [0.4, 0.5) is 4.79 Å². The lowest BCUT2D eigenvalue weighted by Gasteiger charge is -2.14. The Bertz CT molecular complexity index is 1040. The molecule has 32 heavy (non-hydrogen) atoms. The molecule has 10 nitrogen and oxygen atoms in total. The fraction of sp³-hybridized carbons (Fsp3) is 0.286. The van der Waals surface area contributed by atoms with E-state index in [1.54, 1.807) is 36.4 Å². The molecule has 0 aliphatic rings. The van der Waals surface area contributed by atoms with Crippen molar-refractivity contribution in [2.24, 2.45) is 10.7 Å². The number of guanidine groups is 1. The van der Waals surface area contributed by atoms with Crippen molar-refractivity contribution in [2.75, 3.05) is 6.54 Å². The summed E-state index contributed by atoms with van der Waals surface area (Å²) in [6.07, 6.45) is -0.560. The average Bonchev–Trinajstić information content (AvgIpc) is 2.75.